The molecule has 0 amide bonds. The second kappa shape index (κ2) is 6.63. The molecule has 122 valence electrons. The Morgan fingerprint density at radius 3 is 2.92 bits per heavy atom. The van der Waals surface area contributed by atoms with Crippen LogP contribution >= 0.6 is 11.6 Å². The van der Waals surface area contributed by atoms with Crippen molar-refractivity contribution in [3.63, 3.8) is 0 Å². The largest absolute Gasteiger partial charge is 0.479 e. The first-order valence-corrected chi connectivity index (χ1v) is 7.23. The topological polar surface area (TPSA) is 103 Å². The Labute approximate surface area is 141 Å². The first-order chi connectivity index (χ1) is 11.6. The lowest BCUT2D eigenvalue weighted by Gasteiger charge is -2.10. The molecule has 0 radical (unpaired) electrons. The lowest BCUT2D eigenvalue weighted by molar-refractivity contribution is 0.0677. The van der Waals surface area contributed by atoms with Gasteiger partial charge in [0, 0.05) is 10.6 Å². The van der Waals surface area contributed by atoms with Crippen LogP contribution < -0.4 is 4.74 Å². The van der Waals surface area contributed by atoms with E-state index < -0.39 is 5.97 Å². The van der Waals surface area contributed by atoms with Crippen LogP contribution in [0.1, 0.15) is 16.3 Å². The predicted octanol–water partition coefficient (Wildman–Crippen LogP) is 2.14. The quantitative estimate of drug-likeness (QED) is 0.755. The van der Waals surface area contributed by atoms with Crippen molar-refractivity contribution in [2.24, 2.45) is 0 Å². The first-order valence-electron chi connectivity index (χ1n) is 6.85. The molecule has 1 N–H and O–H groups in total. The van der Waals surface area contributed by atoms with E-state index >= 15 is 0 Å². The molecule has 0 fully saturated rings. The van der Waals surface area contributed by atoms with Gasteiger partial charge in [0.25, 0.3) is 0 Å². The van der Waals surface area contributed by atoms with Gasteiger partial charge in [-0.3, -0.25) is 0 Å². The molecule has 0 unspecified atom stereocenters. The number of nitrogens with zero attached hydrogens (tertiary/aromatic N) is 5. The van der Waals surface area contributed by atoms with Gasteiger partial charge in [0.2, 0.25) is 11.7 Å². The summed E-state index contributed by atoms with van der Waals surface area (Å²) in [4.78, 5) is 23.5. The summed E-state index contributed by atoms with van der Waals surface area (Å²) in [5.41, 5.74) is 1.76. The summed E-state index contributed by atoms with van der Waals surface area (Å²) in [6.07, 6.45) is 2.68. The van der Waals surface area contributed by atoms with Gasteiger partial charge in [0.1, 0.15) is 12.0 Å². The van der Waals surface area contributed by atoms with Crippen molar-refractivity contribution in [3.8, 4) is 17.1 Å². The third-order valence-corrected chi connectivity index (χ3v) is 3.43. The van der Waals surface area contributed by atoms with E-state index in [1.165, 1.54) is 24.3 Å². The van der Waals surface area contributed by atoms with Crippen molar-refractivity contribution in [2.75, 3.05) is 7.11 Å². The summed E-state index contributed by atoms with van der Waals surface area (Å²) in [6, 6.07) is 7.13. The molecule has 24 heavy (non-hydrogen) atoms. The third kappa shape index (κ3) is 3.18. The number of hydrogen-bond donors (Lipinski definition) is 1. The molecule has 8 nitrogen and oxygen atoms in total. The molecule has 0 atom stereocenters. The minimum Gasteiger partial charge on any atom is -0.479 e. The van der Waals surface area contributed by atoms with Crippen molar-refractivity contribution >= 4 is 17.6 Å². The summed E-state index contributed by atoms with van der Waals surface area (Å²) in [7, 11) is 1.50. The van der Waals surface area contributed by atoms with Gasteiger partial charge in [0.05, 0.1) is 25.5 Å². The monoisotopic (exact) mass is 345 g/mol. The summed E-state index contributed by atoms with van der Waals surface area (Å²) in [5, 5.41) is 13.5. The highest BCUT2D eigenvalue weighted by atomic mass is 35.5. The molecule has 0 aliphatic rings. The molecule has 0 aliphatic carbocycles. The minimum absolute atomic E-state index is 0.117. The summed E-state index contributed by atoms with van der Waals surface area (Å²) in [5.74, 6) is -0.987. The highest BCUT2D eigenvalue weighted by Gasteiger charge is 2.15. The van der Waals surface area contributed by atoms with Crippen molar-refractivity contribution in [3.05, 3.63) is 53.3 Å². The Balaban J connectivity index is 2.00. The van der Waals surface area contributed by atoms with Crippen LogP contribution in [0.15, 0.2) is 36.8 Å². The van der Waals surface area contributed by atoms with Gasteiger partial charge in [-0.15, -0.1) is 0 Å². The molecule has 0 saturated heterocycles. The normalized spacial score (nSPS) is 10.6. The van der Waals surface area contributed by atoms with Crippen molar-refractivity contribution in [1.82, 2.24) is 24.7 Å². The number of hydrogen-bond acceptors (Lipinski definition) is 6. The first kappa shape index (κ1) is 15.9. The number of aromatic nitrogens is 5. The zero-order chi connectivity index (χ0) is 17.1. The van der Waals surface area contributed by atoms with E-state index in [0.717, 1.165) is 5.56 Å². The Bertz CT molecular complexity index is 896. The van der Waals surface area contributed by atoms with E-state index in [-0.39, 0.29) is 12.4 Å². The van der Waals surface area contributed by atoms with E-state index in [9.17, 15) is 4.79 Å². The van der Waals surface area contributed by atoms with Crippen LogP contribution in [0.25, 0.3) is 11.3 Å². The maximum absolute atomic E-state index is 11.1. The Hall–Kier alpha value is -3.00. The maximum Gasteiger partial charge on any atom is 0.373 e. The minimum atomic E-state index is -1.16. The van der Waals surface area contributed by atoms with E-state index in [0.29, 0.717) is 22.3 Å². The van der Waals surface area contributed by atoms with Crippen LogP contribution in [0.5, 0.6) is 5.88 Å². The summed E-state index contributed by atoms with van der Waals surface area (Å²) in [6.45, 7) is 0.117. The van der Waals surface area contributed by atoms with Gasteiger partial charge in [-0.25, -0.2) is 24.4 Å². The summed E-state index contributed by atoms with van der Waals surface area (Å²) < 4.78 is 6.48. The average Bonchev–Trinajstić information content (AvgIpc) is 3.03. The molecule has 3 rings (SSSR count). The highest BCUT2D eigenvalue weighted by molar-refractivity contribution is 6.30. The van der Waals surface area contributed by atoms with Crippen LogP contribution in [-0.4, -0.2) is 42.9 Å². The van der Waals surface area contributed by atoms with Gasteiger partial charge in [-0.1, -0.05) is 23.7 Å². The average molecular weight is 346 g/mol. The molecular formula is C15H12ClN5O3. The number of halogens is 1. The molecule has 9 heteroatoms. The molecule has 3 aromatic rings. The number of rotatable bonds is 5. The molecule has 0 aliphatic heterocycles. The van der Waals surface area contributed by atoms with E-state index in [4.69, 9.17) is 21.4 Å². The van der Waals surface area contributed by atoms with Gasteiger partial charge < -0.3 is 9.84 Å². The fourth-order valence-electron chi connectivity index (χ4n) is 2.16. The molecule has 0 spiro atoms. The Morgan fingerprint density at radius 1 is 1.38 bits per heavy atom. The van der Waals surface area contributed by atoms with Crippen LogP contribution in [0.4, 0.5) is 0 Å². The molecule has 1 aromatic carbocycles. The van der Waals surface area contributed by atoms with Crippen LogP contribution in [0.3, 0.4) is 0 Å². The lowest BCUT2D eigenvalue weighted by atomic mass is 10.1. The van der Waals surface area contributed by atoms with Gasteiger partial charge in [-0.2, -0.15) is 5.10 Å². The fraction of sp³-hybridized carbons (Fsp3) is 0.133. The number of carboxylic acid groups (broad SMARTS) is 1. The van der Waals surface area contributed by atoms with Crippen molar-refractivity contribution < 1.29 is 14.6 Å². The molecular weight excluding hydrogens is 334 g/mol. The highest BCUT2D eigenvalue weighted by Crippen LogP contribution is 2.28. The molecule has 2 aromatic heterocycles. The van der Waals surface area contributed by atoms with E-state index in [1.807, 2.05) is 6.07 Å². The van der Waals surface area contributed by atoms with Crippen LogP contribution in [-0.2, 0) is 6.54 Å². The fourth-order valence-corrected chi connectivity index (χ4v) is 2.35. The van der Waals surface area contributed by atoms with Crippen LogP contribution in [0.2, 0.25) is 5.02 Å². The lowest BCUT2D eigenvalue weighted by Crippen LogP contribution is -2.13. The second-order valence-electron chi connectivity index (χ2n) is 4.78. The number of aromatic carboxylic acids is 1. The number of carbonyl (C=O) groups is 1. The van der Waals surface area contributed by atoms with Crippen molar-refractivity contribution in [2.45, 2.75) is 6.54 Å². The van der Waals surface area contributed by atoms with Gasteiger partial charge in [-0.05, 0) is 12.1 Å². The standard InChI is InChI=1S/C15H12ClN5O3/c1-24-14-12(9-3-2-4-10(16)5-9)20-11(6-17-14)7-21-13(15(22)23)18-8-19-21/h2-6,8H,7H2,1H3,(H,22,23). The second-order valence-corrected chi connectivity index (χ2v) is 5.21. The van der Waals surface area contributed by atoms with E-state index in [1.54, 1.807) is 18.2 Å². The van der Waals surface area contributed by atoms with Gasteiger partial charge in [0.15, 0.2) is 0 Å². The molecule has 0 bridgehead atoms. The van der Waals surface area contributed by atoms with E-state index in [2.05, 4.69) is 20.1 Å². The van der Waals surface area contributed by atoms with Crippen LogP contribution in [0, 0.1) is 0 Å². The predicted molar refractivity (Wildman–Crippen MR) is 85.1 cm³/mol. The maximum atomic E-state index is 11.1. The third-order valence-electron chi connectivity index (χ3n) is 3.20. The number of benzene rings is 1. The smallest absolute Gasteiger partial charge is 0.373 e. The molecule has 2 heterocycles. The molecule has 0 saturated carbocycles. The SMILES string of the molecule is COc1ncc(Cn2ncnc2C(=O)O)nc1-c1cccc(Cl)c1. The van der Waals surface area contributed by atoms with Crippen molar-refractivity contribution in [1.29, 1.82) is 0 Å². The van der Waals surface area contributed by atoms with Gasteiger partial charge >= 0.3 is 5.97 Å². The Kier molecular flexibility index (Phi) is 4.39. The number of carboxylic acids is 1. The Morgan fingerprint density at radius 2 is 2.21 bits per heavy atom. The number of ether oxygens (including phenoxy) is 1. The summed E-state index contributed by atoms with van der Waals surface area (Å²) >= 11 is 6.02. The number of methoxy groups -OCH3 is 1. The zero-order valence-corrected chi connectivity index (χ0v) is 13.3. The zero-order valence-electron chi connectivity index (χ0n) is 12.5.